The lowest BCUT2D eigenvalue weighted by molar-refractivity contribution is -0.108. The second kappa shape index (κ2) is 12.7. The van der Waals surface area contributed by atoms with Crippen LogP contribution in [-0.2, 0) is 15.1 Å². The number of benzene rings is 2. The minimum atomic E-state index is -1.03. The maximum absolute atomic E-state index is 15.1. The van der Waals surface area contributed by atoms with Gasteiger partial charge in [0.15, 0.2) is 5.17 Å². The number of likely N-dealkylation sites (tertiary alicyclic amines) is 1. The number of amidine groups is 1. The molecule has 7 nitrogen and oxygen atoms in total. The van der Waals surface area contributed by atoms with Gasteiger partial charge >= 0.3 is 6.09 Å². The number of aliphatic imine (C=N–C) groups is 1. The molecule has 2 aliphatic heterocycles. The molecule has 0 bridgehead atoms. The average Bonchev–Trinajstić information content (AvgIpc) is 3.24. The lowest BCUT2D eigenvalue weighted by atomic mass is 9.81. The molecule has 4 rings (SSSR count). The van der Waals surface area contributed by atoms with Crippen LogP contribution in [0.1, 0.15) is 45.7 Å². The van der Waals surface area contributed by atoms with Crippen LogP contribution in [0.3, 0.4) is 0 Å². The van der Waals surface area contributed by atoms with Crippen molar-refractivity contribution in [1.29, 1.82) is 0 Å². The van der Waals surface area contributed by atoms with Gasteiger partial charge in [-0.15, -0.1) is 0 Å². The van der Waals surface area contributed by atoms with E-state index in [1.54, 1.807) is 37.8 Å². The SMILES string of the molecule is CC(C)COc1ccc(F)c([C@]23CN(C(=O)OC(C)(C)C)CC2CSC(NC=O)=N3)c1.Cc1ccccc1. The highest BCUT2D eigenvalue weighted by Crippen LogP contribution is 2.47. The van der Waals surface area contributed by atoms with Crippen LogP contribution in [0.25, 0.3) is 0 Å². The first-order valence-electron chi connectivity index (χ1n) is 12.8. The Balaban J connectivity index is 0.000000494. The van der Waals surface area contributed by atoms with Crippen LogP contribution in [0.4, 0.5) is 9.18 Å². The molecule has 0 saturated carbocycles. The monoisotopic (exact) mass is 543 g/mol. The fourth-order valence-electron chi connectivity index (χ4n) is 4.29. The van der Waals surface area contributed by atoms with Crippen molar-refractivity contribution in [2.45, 2.75) is 52.7 Å². The number of aryl methyl sites for hydroxylation is 1. The van der Waals surface area contributed by atoms with Crippen molar-refractivity contribution in [2.24, 2.45) is 16.8 Å². The number of thioether (sulfide) groups is 1. The highest BCUT2D eigenvalue weighted by molar-refractivity contribution is 8.13. The minimum absolute atomic E-state index is 0.142. The van der Waals surface area contributed by atoms with Gasteiger partial charge in [0.25, 0.3) is 0 Å². The van der Waals surface area contributed by atoms with Crippen LogP contribution < -0.4 is 10.1 Å². The predicted octanol–water partition coefficient (Wildman–Crippen LogP) is 5.77. The van der Waals surface area contributed by atoms with Crippen molar-refractivity contribution in [2.75, 3.05) is 25.4 Å². The number of ether oxygens (including phenoxy) is 2. The minimum Gasteiger partial charge on any atom is -0.493 e. The summed E-state index contributed by atoms with van der Waals surface area (Å²) < 4.78 is 26.5. The molecule has 206 valence electrons. The van der Waals surface area contributed by atoms with Gasteiger partial charge in [-0.05, 0) is 51.8 Å². The molecule has 1 saturated heterocycles. The topological polar surface area (TPSA) is 80.2 Å². The molecular formula is C29H38FN3O4S. The predicted molar refractivity (Wildman–Crippen MR) is 150 cm³/mol. The van der Waals surface area contributed by atoms with Crippen LogP contribution in [0, 0.1) is 24.6 Å². The largest absolute Gasteiger partial charge is 0.493 e. The van der Waals surface area contributed by atoms with E-state index in [-0.39, 0.29) is 12.5 Å². The lowest BCUT2D eigenvalue weighted by Gasteiger charge is -2.35. The Morgan fingerprint density at radius 3 is 2.55 bits per heavy atom. The van der Waals surface area contributed by atoms with Crippen LogP contribution in [-0.4, -0.2) is 53.6 Å². The third-order valence-corrected chi connectivity index (χ3v) is 7.08. The van der Waals surface area contributed by atoms with Crippen molar-refractivity contribution >= 4 is 29.4 Å². The molecule has 0 spiro atoms. The van der Waals surface area contributed by atoms with Crippen LogP contribution in [0.5, 0.6) is 5.75 Å². The van der Waals surface area contributed by atoms with Crippen LogP contribution >= 0.6 is 11.8 Å². The van der Waals surface area contributed by atoms with Gasteiger partial charge in [-0.1, -0.05) is 61.5 Å². The molecule has 1 unspecified atom stereocenters. The van der Waals surface area contributed by atoms with Crippen molar-refractivity contribution in [3.8, 4) is 5.75 Å². The summed E-state index contributed by atoms with van der Waals surface area (Å²) in [7, 11) is 0. The highest BCUT2D eigenvalue weighted by atomic mass is 32.2. The first-order chi connectivity index (χ1) is 17.9. The summed E-state index contributed by atoms with van der Waals surface area (Å²) >= 11 is 1.38. The zero-order valence-electron chi connectivity index (χ0n) is 23.0. The second-order valence-corrected chi connectivity index (χ2v) is 12.0. The fourth-order valence-corrected chi connectivity index (χ4v) is 5.39. The maximum Gasteiger partial charge on any atom is 0.410 e. The van der Waals surface area contributed by atoms with E-state index in [9.17, 15) is 9.59 Å². The number of amides is 2. The molecule has 0 aliphatic carbocycles. The normalized spacial score (nSPS) is 20.6. The number of hydrogen-bond acceptors (Lipinski definition) is 6. The zero-order valence-corrected chi connectivity index (χ0v) is 23.8. The molecule has 9 heteroatoms. The summed E-state index contributed by atoms with van der Waals surface area (Å²) in [5.41, 5.74) is 0.00283. The average molecular weight is 544 g/mol. The molecule has 2 aromatic rings. The molecule has 2 aromatic carbocycles. The van der Waals surface area contributed by atoms with Gasteiger partial charge in [0.1, 0.15) is 22.7 Å². The summed E-state index contributed by atoms with van der Waals surface area (Å²) in [6.45, 7) is 12.6. The molecule has 1 N–H and O–H groups in total. The number of halogens is 1. The standard InChI is InChI=1S/C22H30FN3O4S.C7H8/c1-14(2)10-29-16-6-7-18(23)17(8-16)22-12-26(20(28)30-21(3,4)5)9-15(22)11-31-19(25-22)24-13-27;1-7-5-3-2-4-6-7/h6-8,13-15H,9-12H2,1-5H3,(H,24,25,27);2-6H,1H3/t15?,22-;/m0./s1. The molecule has 2 heterocycles. The Hall–Kier alpha value is -3.07. The van der Waals surface area contributed by atoms with E-state index in [4.69, 9.17) is 14.5 Å². The zero-order chi connectivity index (χ0) is 27.9. The Morgan fingerprint density at radius 1 is 1.26 bits per heavy atom. The molecule has 1 fully saturated rings. The van der Waals surface area contributed by atoms with Gasteiger partial charge in [-0.25, -0.2) is 14.2 Å². The van der Waals surface area contributed by atoms with Crippen molar-refractivity contribution in [3.05, 3.63) is 65.5 Å². The first kappa shape index (κ1) is 29.5. The molecule has 2 atom stereocenters. The van der Waals surface area contributed by atoms with E-state index in [1.165, 1.54) is 23.4 Å². The Labute approximate surface area is 229 Å². The Bertz CT molecular complexity index is 1140. The van der Waals surface area contributed by atoms with Crippen molar-refractivity contribution < 1.29 is 23.5 Å². The van der Waals surface area contributed by atoms with E-state index in [0.29, 0.717) is 47.7 Å². The number of carbonyl (C=O) groups excluding carboxylic acids is 2. The summed E-state index contributed by atoms with van der Waals surface area (Å²) in [4.78, 5) is 30.1. The third kappa shape index (κ3) is 7.72. The number of carbonyl (C=O) groups is 2. The maximum atomic E-state index is 15.1. The van der Waals surface area contributed by atoms with Crippen LogP contribution in [0.15, 0.2) is 53.5 Å². The molecule has 2 amide bonds. The summed E-state index contributed by atoms with van der Waals surface area (Å²) in [5.74, 6) is 0.884. The van der Waals surface area contributed by atoms with Crippen molar-refractivity contribution in [1.82, 2.24) is 10.2 Å². The lowest BCUT2D eigenvalue weighted by Crippen LogP contribution is -2.42. The highest BCUT2D eigenvalue weighted by Gasteiger charge is 2.53. The van der Waals surface area contributed by atoms with E-state index in [0.717, 1.165) is 0 Å². The second-order valence-electron chi connectivity index (χ2n) is 11.0. The summed E-state index contributed by atoms with van der Waals surface area (Å²) in [6.07, 6.45) is 0.0953. The Morgan fingerprint density at radius 2 is 1.97 bits per heavy atom. The smallest absolute Gasteiger partial charge is 0.410 e. The molecule has 2 aliphatic rings. The van der Waals surface area contributed by atoms with E-state index in [1.807, 2.05) is 32.0 Å². The number of nitrogens with zero attached hydrogens (tertiary/aromatic N) is 2. The number of hydrogen-bond donors (Lipinski definition) is 1. The van der Waals surface area contributed by atoms with Gasteiger partial charge in [0.2, 0.25) is 6.41 Å². The van der Waals surface area contributed by atoms with Gasteiger partial charge in [0.05, 0.1) is 13.2 Å². The first-order valence-corrected chi connectivity index (χ1v) is 13.8. The molecular weight excluding hydrogens is 505 g/mol. The van der Waals surface area contributed by atoms with E-state index in [2.05, 4.69) is 24.4 Å². The molecule has 38 heavy (non-hydrogen) atoms. The van der Waals surface area contributed by atoms with E-state index >= 15 is 4.39 Å². The van der Waals surface area contributed by atoms with Crippen LogP contribution in [0.2, 0.25) is 0 Å². The summed E-state index contributed by atoms with van der Waals surface area (Å²) in [5, 5.41) is 3.00. The Kier molecular flexibility index (Phi) is 9.82. The van der Waals surface area contributed by atoms with E-state index < -0.39 is 23.1 Å². The third-order valence-electron chi connectivity index (χ3n) is 6.03. The van der Waals surface area contributed by atoms with Gasteiger partial charge < -0.3 is 19.7 Å². The number of fused-ring (bicyclic) bond motifs is 1. The van der Waals surface area contributed by atoms with Gasteiger partial charge in [0, 0.05) is 23.8 Å². The fraction of sp³-hybridized carbons (Fsp3) is 0.483. The molecule has 0 aromatic heterocycles. The number of nitrogens with one attached hydrogen (secondary N) is 1. The van der Waals surface area contributed by atoms with Crippen molar-refractivity contribution in [3.63, 3.8) is 0 Å². The van der Waals surface area contributed by atoms with Gasteiger partial charge in [-0.2, -0.15) is 0 Å². The summed E-state index contributed by atoms with van der Waals surface area (Å²) in [6, 6.07) is 14.9. The van der Waals surface area contributed by atoms with Gasteiger partial charge in [-0.3, -0.25) is 4.79 Å². The molecule has 0 radical (unpaired) electrons. The number of rotatable bonds is 5. The quantitative estimate of drug-likeness (QED) is 0.485.